The summed E-state index contributed by atoms with van der Waals surface area (Å²) in [5, 5.41) is 7.88. The molecule has 29 heavy (non-hydrogen) atoms. The lowest BCUT2D eigenvalue weighted by Crippen LogP contribution is -1.93. The third kappa shape index (κ3) is 2.41. The Morgan fingerprint density at radius 3 is 2.00 bits per heavy atom. The first-order valence-corrected chi connectivity index (χ1v) is 10.3. The van der Waals surface area contributed by atoms with E-state index < -0.39 is 0 Å². The van der Waals surface area contributed by atoms with E-state index in [1.807, 2.05) is 0 Å². The minimum absolute atomic E-state index is 0.968. The number of fused-ring (bicyclic) bond motifs is 6. The quantitative estimate of drug-likeness (QED) is 0.274. The minimum Gasteiger partial charge on any atom is -0.341 e. The fraction of sp³-hybridized carbons (Fsp3) is 0.0714. The molecule has 1 heterocycles. The van der Waals surface area contributed by atoms with Gasteiger partial charge in [0.05, 0.1) is 0 Å². The number of aryl methyl sites for hydroxylation is 1. The third-order valence-corrected chi connectivity index (χ3v) is 6.17. The van der Waals surface area contributed by atoms with Crippen LogP contribution in [0.5, 0.6) is 0 Å². The summed E-state index contributed by atoms with van der Waals surface area (Å²) in [7, 11) is 0. The molecule has 0 fully saturated rings. The van der Waals surface area contributed by atoms with E-state index >= 15 is 0 Å². The summed E-state index contributed by atoms with van der Waals surface area (Å²) < 4.78 is 2.42. The molecule has 1 nitrogen and oxygen atoms in total. The van der Waals surface area contributed by atoms with Gasteiger partial charge in [-0.25, -0.2) is 0 Å². The van der Waals surface area contributed by atoms with Crippen LogP contribution in [0.15, 0.2) is 97.1 Å². The van der Waals surface area contributed by atoms with Gasteiger partial charge >= 0.3 is 0 Å². The van der Waals surface area contributed by atoms with Crippen molar-refractivity contribution in [2.75, 3.05) is 0 Å². The van der Waals surface area contributed by atoms with Crippen molar-refractivity contribution >= 4 is 43.4 Å². The second kappa shape index (κ2) is 6.22. The Balaban J connectivity index is 1.62. The predicted molar refractivity (Wildman–Crippen MR) is 126 cm³/mol. The smallest absolute Gasteiger partial charge is 0.0497 e. The van der Waals surface area contributed by atoms with E-state index in [1.165, 1.54) is 54.5 Å². The second-order valence-corrected chi connectivity index (χ2v) is 7.72. The summed E-state index contributed by atoms with van der Waals surface area (Å²) in [5.41, 5.74) is 5.16. The molecular weight excluding hydrogens is 350 g/mol. The van der Waals surface area contributed by atoms with Crippen LogP contribution in [-0.2, 0) is 6.54 Å². The molecule has 0 aliphatic rings. The molecular formula is C28H21N. The van der Waals surface area contributed by atoms with Gasteiger partial charge in [0.25, 0.3) is 0 Å². The van der Waals surface area contributed by atoms with Crippen LogP contribution in [0.2, 0.25) is 0 Å². The maximum absolute atomic E-state index is 2.42. The predicted octanol–water partition coefficient (Wildman–Crippen LogP) is 7.79. The summed E-state index contributed by atoms with van der Waals surface area (Å²) in [4.78, 5) is 0. The Kier molecular flexibility index (Phi) is 3.51. The van der Waals surface area contributed by atoms with Crippen molar-refractivity contribution in [2.45, 2.75) is 13.5 Å². The van der Waals surface area contributed by atoms with Crippen molar-refractivity contribution in [3.63, 3.8) is 0 Å². The van der Waals surface area contributed by atoms with Crippen LogP contribution >= 0.6 is 0 Å². The highest BCUT2D eigenvalue weighted by molar-refractivity contribution is 6.10. The molecule has 0 unspecified atom stereocenters. The molecule has 1 aromatic heterocycles. The number of hydrogen-bond acceptors (Lipinski definition) is 0. The van der Waals surface area contributed by atoms with Crippen molar-refractivity contribution in [3.05, 3.63) is 97.1 Å². The van der Waals surface area contributed by atoms with Crippen LogP contribution in [-0.4, -0.2) is 4.57 Å². The van der Waals surface area contributed by atoms with E-state index in [-0.39, 0.29) is 0 Å². The van der Waals surface area contributed by atoms with Crippen molar-refractivity contribution in [3.8, 4) is 11.1 Å². The van der Waals surface area contributed by atoms with Gasteiger partial charge in [0, 0.05) is 28.4 Å². The molecule has 0 aliphatic carbocycles. The number of rotatable bonds is 2. The van der Waals surface area contributed by atoms with Gasteiger partial charge in [0.15, 0.2) is 0 Å². The molecule has 0 spiro atoms. The first kappa shape index (κ1) is 16.4. The topological polar surface area (TPSA) is 4.93 Å². The Hall–Kier alpha value is -3.58. The maximum atomic E-state index is 2.42. The zero-order valence-electron chi connectivity index (χ0n) is 16.4. The molecule has 0 radical (unpaired) electrons. The highest BCUT2D eigenvalue weighted by Crippen LogP contribution is 2.34. The van der Waals surface area contributed by atoms with Crippen molar-refractivity contribution in [2.24, 2.45) is 0 Å². The average Bonchev–Trinajstić information content (AvgIpc) is 3.11. The number of benzene rings is 5. The fourth-order valence-electron chi connectivity index (χ4n) is 4.75. The summed E-state index contributed by atoms with van der Waals surface area (Å²) in [6, 6.07) is 35.5. The summed E-state index contributed by atoms with van der Waals surface area (Å²) in [6.07, 6.45) is 0. The van der Waals surface area contributed by atoms with Gasteiger partial charge in [-0.1, -0.05) is 78.9 Å². The monoisotopic (exact) mass is 371 g/mol. The van der Waals surface area contributed by atoms with Crippen LogP contribution in [0.4, 0.5) is 0 Å². The average molecular weight is 371 g/mol. The molecule has 0 N–H and O–H groups in total. The highest BCUT2D eigenvalue weighted by Gasteiger charge is 2.11. The first-order chi connectivity index (χ1) is 14.3. The zero-order chi connectivity index (χ0) is 19.4. The summed E-state index contributed by atoms with van der Waals surface area (Å²) >= 11 is 0. The third-order valence-electron chi connectivity index (χ3n) is 6.17. The van der Waals surface area contributed by atoms with E-state index in [0.29, 0.717) is 0 Å². The molecule has 0 amide bonds. The van der Waals surface area contributed by atoms with Crippen molar-refractivity contribution < 1.29 is 0 Å². The van der Waals surface area contributed by atoms with E-state index in [9.17, 15) is 0 Å². The van der Waals surface area contributed by atoms with Gasteiger partial charge in [0.1, 0.15) is 0 Å². The number of hydrogen-bond donors (Lipinski definition) is 0. The van der Waals surface area contributed by atoms with E-state index in [1.54, 1.807) is 0 Å². The molecule has 0 bridgehead atoms. The summed E-state index contributed by atoms with van der Waals surface area (Å²) in [6.45, 7) is 3.19. The van der Waals surface area contributed by atoms with Crippen LogP contribution in [0, 0.1) is 0 Å². The van der Waals surface area contributed by atoms with Gasteiger partial charge in [-0.2, -0.15) is 0 Å². The normalized spacial score (nSPS) is 11.8. The molecule has 138 valence electrons. The SMILES string of the molecule is CCn1c2ccccc2c2ccc(-c3ccc4ccc5ccccc5c4c3)cc21. The zero-order valence-corrected chi connectivity index (χ0v) is 16.4. The molecule has 5 aromatic carbocycles. The van der Waals surface area contributed by atoms with Crippen LogP contribution in [0.25, 0.3) is 54.5 Å². The van der Waals surface area contributed by atoms with Gasteiger partial charge in [-0.3, -0.25) is 0 Å². The number of aromatic nitrogens is 1. The molecule has 1 heteroatoms. The van der Waals surface area contributed by atoms with Crippen LogP contribution < -0.4 is 0 Å². The highest BCUT2D eigenvalue weighted by atomic mass is 15.0. The fourth-order valence-corrected chi connectivity index (χ4v) is 4.75. The number of para-hydroxylation sites is 1. The van der Waals surface area contributed by atoms with Gasteiger partial charge in [-0.15, -0.1) is 0 Å². The lowest BCUT2D eigenvalue weighted by atomic mass is 9.96. The second-order valence-electron chi connectivity index (χ2n) is 7.72. The minimum atomic E-state index is 0.968. The molecule has 6 aromatic rings. The van der Waals surface area contributed by atoms with Crippen molar-refractivity contribution in [1.29, 1.82) is 0 Å². The van der Waals surface area contributed by atoms with E-state index in [2.05, 4.69) is 109 Å². The number of nitrogens with zero attached hydrogens (tertiary/aromatic N) is 1. The molecule has 0 saturated heterocycles. The standard InChI is InChI=1S/C28H21N/c1-2-29-27-10-6-5-9-24(27)25-16-15-22(18-28(25)29)21-14-13-20-12-11-19-7-3-4-8-23(19)26(20)17-21/h3-18H,2H2,1H3. The van der Waals surface area contributed by atoms with E-state index in [0.717, 1.165) is 6.54 Å². The summed E-state index contributed by atoms with van der Waals surface area (Å²) in [5.74, 6) is 0. The first-order valence-electron chi connectivity index (χ1n) is 10.3. The Labute approximate surface area is 169 Å². The largest absolute Gasteiger partial charge is 0.341 e. The van der Waals surface area contributed by atoms with Crippen LogP contribution in [0.3, 0.4) is 0 Å². The van der Waals surface area contributed by atoms with Gasteiger partial charge in [-0.05, 0) is 57.8 Å². The lowest BCUT2D eigenvalue weighted by Gasteiger charge is -2.09. The van der Waals surface area contributed by atoms with Crippen molar-refractivity contribution in [1.82, 2.24) is 4.57 Å². The molecule has 6 rings (SSSR count). The van der Waals surface area contributed by atoms with Gasteiger partial charge < -0.3 is 4.57 Å². The Bertz CT molecular complexity index is 1530. The van der Waals surface area contributed by atoms with E-state index in [4.69, 9.17) is 0 Å². The molecule has 0 saturated carbocycles. The Morgan fingerprint density at radius 1 is 0.517 bits per heavy atom. The Morgan fingerprint density at radius 2 is 1.14 bits per heavy atom. The maximum Gasteiger partial charge on any atom is 0.0497 e. The lowest BCUT2D eigenvalue weighted by molar-refractivity contribution is 0.827. The molecule has 0 aliphatic heterocycles. The van der Waals surface area contributed by atoms with Gasteiger partial charge in [0.2, 0.25) is 0 Å². The van der Waals surface area contributed by atoms with Crippen LogP contribution in [0.1, 0.15) is 6.92 Å². The molecule has 0 atom stereocenters.